The van der Waals surface area contributed by atoms with Crippen LogP contribution in [0.25, 0.3) is 0 Å². The second-order valence-electron chi connectivity index (χ2n) is 4.96. The van der Waals surface area contributed by atoms with Crippen molar-refractivity contribution in [3.05, 3.63) is 52.6 Å². The molecule has 1 heterocycles. The van der Waals surface area contributed by atoms with E-state index in [1.54, 1.807) is 0 Å². The number of hydrogen-bond donors (Lipinski definition) is 1. The monoisotopic (exact) mass is 275 g/mol. The third-order valence-corrected chi connectivity index (χ3v) is 3.63. The molecule has 0 unspecified atom stereocenters. The zero-order valence-corrected chi connectivity index (χ0v) is 12.4. The molecule has 0 bridgehead atoms. The van der Waals surface area contributed by atoms with Crippen LogP contribution in [-0.2, 0) is 13.1 Å². The lowest BCUT2D eigenvalue weighted by atomic mass is 10.2. The van der Waals surface area contributed by atoms with E-state index >= 15 is 0 Å². The van der Waals surface area contributed by atoms with Gasteiger partial charge in [-0.25, -0.2) is 0 Å². The molecule has 102 valence electrons. The van der Waals surface area contributed by atoms with Crippen LogP contribution >= 0.6 is 12.2 Å². The molecule has 0 saturated heterocycles. The summed E-state index contributed by atoms with van der Waals surface area (Å²) in [6.07, 6.45) is 3.08. The van der Waals surface area contributed by atoms with Gasteiger partial charge in [0, 0.05) is 25.0 Å². The van der Waals surface area contributed by atoms with Crippen LogP contribution in [0.1, 0.15) is 17.7 Å². The van der Waals surface area contributed by atoms with Gasteiger partial charge < -0.3 is 14.5 Å². The molecule has 2 rings (SSSR count). The van der Waals surface area contributed by atoms with Gasteiger partial charge in [0.2, 0.25) is 0 Å². The minimum Gasteiger partial charge on any atom is -0.337 e. The van der Waals surface area contributed by atoms with Crippen molar-refractivity contribution in [2.75, 3.05) is 13.6 Å². The molecule has 0 amide bonds. The highest BCUT2D eigenvalue weighted by molar-refractivity contribution is 7.71. The van der Waals surface area contributed by atoms with Gasteiger partial charge in [0.15, 0.2) is 4.77 Å². The van der Waals surface area contributed by atoms with Crippen LogP contribution in [0.3, 0.4) is 0 Å². The Labute approximate surface area is 119 Å². The predicted octanol–water partition coefficient (Wildman–Crippen LogP) is 3.38. The average Bonchev–Trinajstić information content (AvgIpc) is 2.71. The van der Waals surface area contributed by atoms with Crippen molar-refractivity contribution in [3.8, 4) is 0 Å². The lowest BCUT2D eigenvalue weighted by molar-refractivity contribution is 0.313. The lowest BCUT2D eigenvalue weighted by Gasteiger charge is -2.17. The Morgan fingerprint density at radius 3 is 2.63 bits per heavy atom. The number of hydrogen-bond acceptors (Lipinski definition) is 2. The fraction of sp³-hybridized carbons (Fsp3) is 0.400. The van der Waals surface area contributed by atoms with E-state index < -0.39 is 0 Å². The Bertz CT molecular complexity index is 556. The Hall–Kier alpha value is -1.39. The molecule has 0 aliphatic heterocycles. The first-order valence-corrected chi connectivity index (χ1v) is 7.05. The van der Waals surface area contributed by atoms with Crippen LogP contribution in [0, 0.1) is 11.7 Å². The fourth-order valence-corrected chi connectivity index (χ4v) is 2.53. The van der Waals surface area contributed by atoms with Crippen LogP contribution in [0.5, 0.6) is 0 Å². The molecule has 0 spiro atoms. The highest BCUT2D eigenvalue weighted by Crippen LogP contribution is 2.05. The van der Waals surface area contributed by atoms with Gasteiger partial charge in [0.25, 0.3) is 0 Å². The summed E-state index contributed by atoms with van der Waals surface area (Å²) in [6.45, 7) is 5.13. The molecule has 0 saturated carbocycles. The number of nitrogens with one attached hydrogen (secondary N) is 1. The van der Waals surface area contributed by atoms with Crippen LogP contribution in [0.2, 0.25) is 0 Å². The van der Waals surface area contributed by atoms with Crippen LogP contribution in [0.4, 0.5) is 0 Å². The summed E-state index contributed by atoms with van der Waals surface area (Å²) >= 11 is 5.25. The van der Waals surface area contributed by atoms with Crippen molar-refractivity contribution < 1.29 is 0 Å². The quantitative estimate of drug-likeness (QED) is 0.817. The van der Waals surface area contributed by atoms with E-state index in [2.05, 4.69) is 58.8 Å². The molecule has 0 atom stereocenters. The summed E-state index contributed by atoms with van der Waals surface area (Å²) in [4.78, 5) is 5.43. The Morgan fingerprint density at radius 2 is 2.00 bits per heavy atom. The maximum atomic E-state index is 5.25. The van der Waals surface area contributed by atoms with Gasteiger partial charge in [-0.2, -0.15) is 0 Å². The first-order chi connectivity index (χ1) is 9.16. The zero-order chi connectivity index (χ0) is 13.7. The van der Waals surface area contributed by atoms with Crippen molar-refractivity contribution in [1.82, 2.24) is 14.5 Å². The maximum Gasteiger partial charge on any atom is 0.177 e. The smallest absolute Gasteiger partial charge is 0.177 e. The molecule has 0 radical (unpaired) electrons. The zero-order valence-electron chi connectivity index (χ0n) is 11.6. The first-order valence-electron chi connectivity index (χ1n) is 6.64. The number of aromatic nitrogens is 2. The maximum absolute atomic E-state index is 5.25. The van der Waals surface area contributed by atoms with Gasteiger partial charge in [-0.3, -0.25) is 0 Å². The molecule has 1 aromatic carbocycles. The number of aromatic amines is 1. The third-order valence-electron chi connectivity index (χ3n) is 3.29. The number of nitrogens with zero attached hydrogens (tertiary/aromatic N) is 2. The molecule has 4 heteroatoms. The Balaban J connectivity index is 1.78. The normalized spacial score (nSPS) is 11.1. The van der Waals surface area contributed by atoms with Gasteiger partial charge >= 0.3 is 0 Å². The van der Waals surface area contributed by atoms with E-state index in [4.69, 9.17) is 12.2 Å². The van der Waals surface area contributed by atoms with E-state index in [0.717, 1.165) is 30.8 Å². The number of imidazole rings is 1. The summed E-state index contributed by atoms with van der Waals surface area (Å²) < 4.78 is 2.98. The minimum absolute atomic E-state index is 0.822. The van der Waals surface area contributed by atoms with Crippen LogP contribution < -0.4 is 0 Å². The molecule has 0 aliphatic rings. The van der Waals surface area contributed by atoms with Crippen molar-refractivity contribution in [2.24, 2.45) is 0 Å². The molecule has 19 heavy (non-hydrogen) atoms. The molecule has 3 nitrogen and oxygen atoms in total. The Kier molecular flexibility index (Phi) is 4.93. The van der Waals surface area contributed by atoms with E-state index in [9.17, 15) is 0 Å². The SMILES string of the molecule is Cc1c[nH]c(=S)n1CCCN(C)Cc1ccccc1. The highest BCUT2D eigenvalue weighted by atomic mass is 32.1. The average molecular weight is 275 g/mol. The van der Waals surface area contributed by atoms with Crippen molar-refractivity contribution in [1.29, 1.82) is 0 Å². The predicted molar refractivity (Wildman–Crippen MR) is 81.7 cm³/mol. The van der Waals surface area contributed by atoms with E-state index in [0.29, 0.717) is 0 Å². The number of aryl methyl sites for hydroxylation is 1. The number of rotatable bonds is 6. The van der Waals surface area contributed by atoms with Crippen molar-refractivity contribution >= 4 is 12.2 Å². The molecule has 0 aliphatic carbocycles. The molecular formula is C15H21N3S. The topological polar surface area (TPSA) is 24.0 Å². The molecule has 0 fully saturated rings. The summed E-state index contributed by atoms with van der Waals surface area (Å²) in [6, 6.07) is 10.6. The highest BCUT2D eigenvalue weighted by Gasteiger charge is 2.02. The lowest BCUT2D eigenvalue weighted by Crippen LogP contribution is -2.20. The van der Waals surface area contributed by atoms with Crippen molar-refractivity contribution in [2.45, 2.75) is 26.4 Å². The van der Waals surface area contributed by atoms with E-state index in [-0.39, 0.29) is 0 Å². The summed E-state index contributed by atoms with van der Waals surface area (Å²) in [5.41, 5.74) is 2.56. The van der Waals surface area contributed by atoms with Gasteiger partial charge in [-0.1, -0.05) is 30.3 Å². The fourth-order valence-electron chi connectivity index (χ4n) is 2.23. The van der Waals surface area contributed by atoms with Crippen LogP contribution in [0.15, 0.2) is 36.5 Å². The summed E-state index contributed by atoms with van der Waals surface area (Å²) in [5, 5.41) is 0. The minimum atomic E-state index is 0.822. The first kappa shape index (κ1) is 14.0. The van der Waals surface area contributed by atoms with E-state index in [1.165, 1.54) is 11.3 Å². The third kappa shape index (κ3) is 4.04. The van der Waals surface area contributed by atoms with Crippen molar-refractivity contribution in [3.63, 3.8) is 0 Å². The second kappa shape index (κ2) is 6.68. The summed E-state index contributed by atoms with van der Waals surface area (Å²) in [5.74, 6) is 0. The molecule has 1 aromatic heterocycles. The van der Waals surface area contributed by atoms with E-state index in [1.807, 2.05) is 6.20 Å². The van der Waals surface area contributed by atoms with Gasteiger partial charge in [-0.05, 0) is 44.7 Å². The van der Waals surface area contributed by atoms with Crippen LogP contribution in [-0.4, -0.2) is 28.0 Å². The molecule has 1 N–H and O–H groups in total. The van der Waals surface area contributed by atoms with Gasteiger partial charge in [0.05, 0.1) is 0 Å². The largest absolute Gasteiger partial charge is 0.337 e. The summed E-state index contributed by atoms with van der Waals surface area (Å²) in [7, 11) is 2.16. The standard InChI is InChI=1S/C15H21N3S/c1-13-11-16-15(19)18(13)10-6-9-17(2)12-14-7-4-3-5-8-14/h3-5,7-8,11H,6,9-10,12H2,1-2H3,(H,16,19). The number of H-pyrrole nitrogens is 1. The number of benzene rings is 1. The molecule has 2 aromatic rings. The second-order valence-corrected chi connectivity index (χ2v) is 5.35. The van der Waals surface area contributed by atoms with Gasteiger partial charge in [0.1, 0.15) is 0 Å². The Morgan fingerprint density at radius 1 is 1.26 bits per heavy atom. The van der Waals surface area contributed by atoms with Gasteiger partial charge in [-0.15, -0.1) is 0 Å². The molecular weight excluding hydrogens is 254 g/mol.